The van der Waals surface area contributed by atoms with Crippen LogP contribution in [0.4, 0.5) is 0 Å². The summed E-state index contributed by atoms with van der Waals surface area (Å²) in [5.41, 5.74) is 4.50. The minimum Gasteiger partial charge on any atom is -0.400 e. The summed E-state index contributed by atoms with van der Waals surface area (Å²) in [5, 5.41) is 15.5. The summed E-state index contributed by atoms with van der Waals surface area (Å²) in [6.45, 7) is 22.7. The standard InChI is InChI=1S/C19H39N.C10H22O.C9H20O.C9H20.CH5N.CH4O.2CH4/c1-4-7-10-12-14-16-19-20(17-9-6-3)18-15-13-11-8-5-2;1-3-4-5-6-7-8-9-10-11-2;1-2-3-4-5-6-7-8-9-10;1-3-5-7-9-8-6-4-2;2*1-2;;/h4H,1,5-19H2,2-3H3;3-10H2,1-2H3;10H,2-9H2,1H3;3-9H2,1-2H3;2H2,1H3;2H,1H3;2*1H4. The number of nitrogens with zero attached hydrogens (tertiary/aromatic N) is 1. The van der Waals surface area contributed by atoms with E-state index in [9.17, 15) is 0 Å². The van der Waals surface area contributed by atoms with Gasteiger partial charge in [0.25, 0.3) is 0 Å². The van der Waals surface area contributed by atoms with Crippen LogP contribution in [0.2, 0.25) is 0 Å². The predicted molar refractivity (Wildman–Crippen MR) is 264 cm³/mol. The van der Waals surface area contributed by atoms with E-state index in [4.69, 9.17) is 14.9 Å². The fourth-order valence-corrected chi connectivity index (χ4v) is 5.94. The molecule has 0 fully saturated rings. The first-order valence-corrected chi connectivity index (χ1v) is 24.0. The summed E-state index contributed by atoms with van der Waals surface area (Å²) in [7, 11) is 4.27. The number of hydrogen-bond donors (Lipinski definition) is 3. The topological polar surface area (TPSA) is 79.0 Å². The van der Waals surface area contributed by atoms with E-state index in [1.807, 2.05) is 6.08 Å². The molecule has 4 N–H and O–H groups in total. The molecule has 0 amide bonds. The molecule has 0 atom stereocenters. The van der Waals surface area contributed by atoms with Crippen LogP contribution < -0.4 is 5.73 Å². The van der Waals surface area contributed by atoms with Gasteiger partial charge in [0, 0.05) is 27.4 Å². The molecular weight excluding hydrogens is 689 g/mol. The molecule has 0 aliphatic rings. The maximum atomic E-state index is 8.47. The van der Waals surface area contributed by atoms with Crippen LogP contribution in [-0.4, -0.2) is 69.2 Å². The third-order valence-corrected chi connectivity index (χ3v) is 9.46. The Morgan fingerprint density at radius 1 is 0.429 bits per heavy atom. The number of hydrogen-bond acceptors (Lipinski definition) is 5. The second-order valence-corrected chi connectivity index (χ2v) is 14.8. The van der Waals surface area contributed by atoms with Gasteiger partial charge in [-0.1, -0.05) is 229 Å². The lowest BCUT2D eigenvalue weighted by Crippen LogP contribution is -2.27. The van der Waals surface area contributed by atoms with Gasteiger partial charge < -0.3 is 25.6 Å². The number of allylic oxidation sites excluding steroid dienone is 1. The molecule has 350 valence electrons. The van der Waals surface area contributed by atoms with E-state index in [2.05, 4.69) is 58.8 Å². The molecule has 0 saturated heterocycles. The molecule has 5 nitrogen and oxygen atoms in total. The van der Waals surface area contributed by atoms with Crippen LogP contribution in [0.25, 0.3) is 0 Å². The lowest BCUT2D eigenvalue weighted by molar-refractivity contribution is 0.192. The summed E-state index contributed by atoms with van der Waals surface area (Å²) in [6, 6.07) is 0. The van der Waals surface area contributed by atoms with Crippen LogP contribution in [0.3, 0.4) is 0 Å². The highest BCUT2D eigenvalue weighted by Gasteiger charge is 2.04. The zero-order chi connectivity index (χ0) is 41.9. The number of unbranched alkanes of at least 4 members (excludes halogenated alkanes) is 27. The lowest BCUT2D eigenvalue weighted by atomic mass is 10.1. The van der Waals surface area contributed by atoms with E-state index in [0.29, 0.717) is 6.61 Å². The predicted octanol–water partition coefficient (Wildman–Crippen LogP) is 16.5. The van der Waals surface area contributed by atoms with Crippen molar-refractivity contribution >= 4 is 0 Å². The van der Waals surface area contributed by atoms with Gasteiger partial charge in [0.15, 0.2) is 0 Å². The molecular formula is C51H118N2O3. The fraction of sp³-hybridized carbons (Fsp3) is 0.961. The van der Waals surface area contributed by atoms with Gasteiger partial charge in [-0.05, 0) is 71.6 Å². The van der Waals surface area contributed by atoms with Gasteiger partial charge in [-0.25, -0.2) is 0 Å². The van der Waals surface area contributed by atoms with E-state index in [1.165, 1.54) is 232 Å². The van der Waals surface area contributed by atoms with E-state index in [1.54, 1.807) is 7.11 Å². The average molecular weight is 808 g/mol. The SMILES string of the molecule is C.C.C=CCCCCCCN(CCCC)CCCCCCC.CCCCCCCCC.CCCCCCCCCO.CCCCCCCCCOC.CN.CO. The molecule has 0 saturated carbocycles. The summed E-state index contributed by atoms with van der Waals surface area (Å²) in [5.74, 6) is 0. The Bertz CT molecular complexity index is 499. The van der Waals surface area contributed by atoms with Crippen molar-refractivity contribution in [3.05, 3.63) is 12.7 Å². The van der Waals surface area contributed by atoms with Crippen LogP contribution in [-0.2, 0) is 4.74 Å². The Morgan fingerprint density at radius 2 is 0.696 bits per heavy atom. The van der Waals surface area contributed by atoms with Crippen molar-refractivity contribution in [2.45, 2.75) is 268 Å². The van der Waals surface area contributed by atoms with Crippen LogP contribution in [0.5, 0.6) is 0 Å². The van der Waals surface area contributed by atoms with Gasteiger partial charge in [-0.15, -0.1) is 6.58 Å². The molecule has 5 heteroatoms. The minimum atomic E-state index is 0. The largest absolute Gasteiger partial charge is 0.400 e. The number of aliphatic hydroxyl groups excluding tert-OH is 2. The van der Waals surface area contributed by atoms with Crippen molar-refractivity contribution in [1.29, 1.82) is 0 Å². The van der Waals surface area contributed by atoms with Crippen LogP contribution in [0, 0.1) is 0 Å². The molecule has 0 bridgehead atoms. The highest BCUT2D eigenvalue weighted by molar-refractivity contribution is 4.66. The molecule has 0 aliphatic carbocycles. The lowest BCUT2D eigenvalue weighted by Gasteiger charge is -2.22. The Balaban J connectivity index is -0.0000000922. The van der Waals surface area contributed by atoms with Gasteiger partial charge in [-0.2, -0.15) is 0 Å². The van der Waals surface area contributed by atoms with Gasteiger partial charge in [-0.3, -0.25) is 0 Å². The monoisotopic (exact) mass is 807 g/mol. The van der Waals surface area contributed by atoms with Crippen molar-refractivity contribution in [2.75, 3.05) is 54.1 Å². The number of rotatable bonds is 37. The first-order chi connectivity index (χ1) is 26.6. The minimum absolute atomic E-state index is 0. The van der Waals surface area contributed by atoms with Crippen LogP contribution in [0.1, 0.15) is 268 Å². The molecule has 0 heterocycles. The summed E-state index contributed by atoms with van der Waals surface area (Å²) < 4.78 is 4.97. The normalized spacial score (nSPS) is 9.66. The van der Waals surface area contributed by atoms with E-state index < -0.39 is 0 Å². The van der Waals surface area contributed by atoms with Gasteiger partial charge in [0.1, 0.15) is 0 Å². The van der Waals surface area contributed by atoms with E-state index in [0.717, 1.165) is 20.1 Å². The molecule has 0 aliphatic heterocycles. The number of ether oxygens (including phenoxy) is 1. The maximum Gasteiger partial charge on any atom is 0.0462 e. The van der Waals surface area contributed by atoms with Crippen molar-refractivity contribution in [1.82, 2.24) is 4.90 Å². The van der Waals surface area contributed by atoms with Gasteiger partial charge in [0.2, 0.25) is 0 Å². The molecule has 0 aromatic heterocycles. The second kappa shape index (κ2) is 86.4. The van der Waals surface area contributed by atoms with Crippen molar-refractivity contribution in [2.24, 2.45) is 5.73 Å². The molecule has 0 unspecified atom stereocenters. The van der Waals surface area contributed by atoms with Crippen LogP contribution >= 0.6 is 0 Å². The third kappa shape index (κ3) is 94.5. The number of aliphatic hydroxyl groups is 2. The Hall–Kier alpha value is -0.460. The quantitative estimate of drug-likeness (QED) is 0.0430. The van der Waals surface area contributed by atoms with Gasteiger partial charge in [0.05, 0.1) is 0 Å². The smallest absolute Gasteiger partial charge is 0.0462 e. The number of methoxy groups -OCH3 is 1. The zero-order valence-electron chi connectivity index (χ0n) is 39.5. The third-order valence-electron chi connectivity index (χ3n) is 9.46. The summed E-state index contributed by atoms with van der Waals surface area (Å²) >= 11 is 0. The summed E-state index contributed by atoms with van der Waals surface area (Å²) in [6.07, 6.45) is 46.9. The Labute approximate surface area is 359 Å². The first-order valence-electron chi connectivity index (χ1n) is 24.0. The molecule has 0 radical (unpaired) electrons. The second-order valence-electron chi connectivity index (χ2n) is 14.8. The van der Waals surface area contributed by atoms with E-state index in [-0.39, 0.29) is 14.9 Å². The summed E-state index contributed by atoms with van der Waals surface area (Å²) in [4.78, 5) is 2.71. The van der Waals surface area contributed by atoms with E-state index >= 15 is 0 Å². The highest BCUT2D eigenvalue weighted by Crippen LogP contribution is 2.10. The van der Waals surface area contributed by atoms with Crippen molar-refractivity contribution in [3.63, 3.8) is 0 Å². The molecule has 0 aromatic rings. The molecule has 0 spiro atoms. The Morgan fingerprint density at radius 3 is 1.00 bits per heavy atom. The average Bonchev–Trinajstić information content (AvgIpc) is 3.21. The van der Waals surface area contributed by atoms with Gasteiger partial charge >= 0.3 is 0 Å². The van der Waals surface area contributed by atoms with Crippen molar-refractivity contribution < 1.29 is 14.9 Å². The molecule has 0 aromatic carbocycles. The fourth-order valence-electron chi connectivity index (χ4n) is 5.94. The molecule has 0 rings (SSSR count). The van der Waals surface area contributed by atoms with Crippen LogP contribution in [0.15, 0.2) is 12.7 Å². The highest BCUT2D eigenvalue weighted by atomic mass is 16.5. The zero-order valence-corrected chi connectivity index (χ0v) is 39.5. The molecule has 56 heavy (non-hydrogen) atoms. The maximum absolute atomic E-state index is 8.47. The van der Waals surface area contributed by atoms with Crippen molar-refractivity contribution in [3.8, 4) is 0 Å². The Kier molecular flexibility index (Phi) is 113. The first kappa shape index (κ1) is 73.1. The number of nitrogens with two attached hydrogens (primary N) is 1.